The lowest BCUT2D eigenvalue weighted by Crippen LogP contribution is -1.92. The number of benzene rings is 1. The lowest BCUT2D eigenvalue weighted by molar-refractivity contribution is 1.37. The number of aromatic nitrogens is 1. The van der Waals surface area contributed by atoms with Crippen molar-refractivity contribution < 1.29 is 0 Å². The number of fused-ring (bicyclic) bond motifs is 1. The van der Waals surface area contributed by atoms with Gasteiger partial charge in [-0.2, -0.15) is 0 Å². The Labute approximate surface area is 90.3 Å². The average molecular weight is 284 g/mol. The largest absolute Gasteiger partial charge is 0.384 e. The number of nitrogens with two attached hydrogens (primary N) is 1. The molecule has 0 saturated carbocycles. The van der Waals surface area contributed by atoms with Crippen molar-refractivity contribution >= 4 is 39.3 Å². The summed E-state index contributed by atoms with van der Waals surface area (Å²) in [6.45, 7) is 2.05. The molecule has 0 amide bonds. The van der Waals surface area contributed by atoms with Gasteiger partial charge in [-0.1, -0.05) is 6.07 Å². The molecule has 0 radical (unpaired) electrons. The predicted molar refractivity (Wildman–Crippen MR) is 63.6 cm³/mol. The smallest absolute Gasteiger partial charge is 0.124 e. The van der Waals surface area contributed by atoms with Gasteiger partial charge in [0.2, 0.25) is 0 Å². The standard InChI is InChI=1S/C10H9IN2/c1-6-2-4-8(11)7-3-5-9(12)13-10(6)7/h2-5H,1H3,(H2,12,13). The third kappa shape index (κ3) is 1.48. The second-order valence-corrected chi connectivity index (χ2v) is 4.16. The van der Waals surface area contributed by atoms with E-state index in [1.165, 1.54) is 14.5 Å². The van der Waals surface area contributed by atoms with E-state index in [-0.39, 0.29) is 0 Å². The maximum absolute atomic E-state index is 5.63. The van der Waals surface area contributed by atoms with Crippen LogP contribution in [-0.2, 0) is 0 Å². The van der Waals surface area contributed by atoms with Crippen LogP contribution in [0.2, 0.25) is 0 Å². The maximum Gasteiger partial charge on any atom is 0.124 e. The summed E-state index contributed by atoms with van der Waals surface area (Å²) in [4.78, 5) is 4.31. The van der Waals surface area contributed by atoms with Gasteiger partial charge in [0, 0.05) is 8.96 Å². The molecule has 3 heteroatoms. The molecule has 2 N–H and O–H groups in total. The minimum atomic E-state index is 0.581. The van der Waals surface area contributed by atoms with Crippen molar-refractivity contribution in [2.24, 2.45) is 0 Å². The highest BCUT2D eigenvalue weighted by molar-refractivity contribution is 14.1. The van der Waals surface area contributed by atoms with Gasteiger partial charge in [-0.25, -0.2) is 4.98 Å². The van der Waals surface area contributed by atoms with E-state index in [1.54, 1.807) is 0 Å². The third-order valence-electron chi connectivity index (χ3n) is 2.03. The molecule has 0 fully saturated rings. The molecule has 2 nitrogen and oxygen atoms in total. The molecule has 0 aliphatic rings. The summed E-state index contributed by atoms with van der Waals surface area (Å²) in [5, 5.41) is 1.18. The van der Waals surface area contributed by atoms with E-state index in [1.807, 2.05) is 19.1 Å². The van der Waals surface area contributed by atoms with Crippen LogP contribution in [0.3, 0.4) is 0 Å². The number of nitrogen functional groups attached to an aromatic ring is 1. The molecule has 0 aliphatic carbocycles. The first-order valence-corrected chi connectivity index (χ1v) is 5.07. The van der Waals surface area contributed by atoms with Crippen molar-refractivity contribution in [2.45, 2.75) is 6.92 Å². The van der Waals surface area contributed by atoms with Crippen LogP contribution in [0.1, 0.15) is 5.56 Å². The van der Waals surface area contributed by atoms with Crippen LogP contribution < -0.4 is 5.73 Å². The van der Waals surface area contributed by atoms with Gasteiger partial charge in [-0.05, 0) is 53.3 Å². The maximum atomic E-state index is 5.63. The summed E-state index contributed by atoms with van der Waals surface area (Å²) in [6, 6.07) is 8.02. The molecule has 0 bridgehead atoms. The van der Waals surface area contributed by atoms with Crippen LogP contribution in [-0.4, -0.2) is 4.98 Å². The van der Waals surface area contributed by atoms with E-state index in [0.717, 1.165) is 5.52 Å². The number of hydrogen-bond acceptors (Lipinski definition) is 2. The van der Waals surface area contributed by atoms with E-state index in [4.69, 9.17) is 5.73 Å². The second kappa shape index (κ2) is 3.14. The number of pyridine rings is 1. The van der Waals surface area contributed by atoms with Gasteiger partial charge in [0.05, 0.1) is 5.52 Å². The molecule has 66 valence electrons. The summed E-state index contributed by atoms with van der Waals surface area (Å²) in [6.07, 6.45) is 0. The summed E-state index contributed by atoms with van der Waals surface area (Å²) in [7, 11) is 0. The molecule has 1 heterocycles. The minimum absolute atomic E-state index is 0.581. The first-order valence-electron chi connectivity index (χ1n) is 4.00. The quantitative estimate of drug-likeness (QED) is 0.755. The number of aryl methyl sites for hydroxylation is 1. The van der Waals surface area contributed by atoms with Gasteiger partial charge < -0.3 is 5.73 Å². The molecule has 0 atom stereocenters. The Morgan fingerprint density at radius 2 is 2.00 bits per heavy atom. The molecule has 0 saturated heterocycles. The Morgan fingerprint density at radius 3 is 2.77 bits per heavy atom. The molecule has 2 rings (SSSR count). The average Bonchev–Trinajstić information content (AvgIpc) is 2.12. The van der Waals surface area contributed by atoms with Gasteiger partial charge in [-0.3, -0.25) is 0 Å². The summed E-state index contributed by atoms with van der Waals surface area (Å²) >= 11 is 2.31. The van der Waals surface area contributed by atoms with Gasteiger partial charge in [-0.15, -0.1) is 0 Å². The molecule has 0 spiro atoms. The predicted octanol–water partition coefficient (Wildman–Crippen LogP) is 2.73. The molecule has 0 aliphatic heterocycles. The Balaban J connectivity index is 2.92. The minimum Gasteiger partial charge on any atom is -0.384 e. The number of halogens is 1. The van der Waals surface area contributed by atoms with Gasteiger partial charge in [0.25, 0.3) is 0 Å². The fourth-order valence-electron chi connectivity index (χ4n) is 1.33. The number of rotatable bonds is 0. The highest BCUT2D eigenvalue weighted by Gasteiger charge is 2.02. The topological polar surface area (TPSA) is 38.9 Å². The Hall–Kier alpha value is -0.840. The van der Waals surface area contributed by atoms with E-state index < -0.39 is 0 Å². The molecular weight excluding hydrogens is 275 g/mol. The van der Waals surface area contributed by atoms with Crippen molar-refractivity contribution in [3.63, 3.8) is 0 Å². The molecule has 2 aromatic rings. The zero-order valence-electron chi connectivity index (χ0n) is 7.21. The fourth-order valence-corrected chi connectivity index (χ4v) is 1.95. The van der Waals surface area contributed by atoms with E-state index >= 15 is 0 Å². The molecule has 0 unspecified atom stereocenters. The lowest BCUT2D eigenvalue weighted by Gasteiger charge is -2.03. The Kier molecular flexibility index (Phi) is 2.11. The highest BCUT2D eigenvalue weighted by atomic mass is 127. The van der Waals surface area contributed by atoms with Crippen LogP contribution in [0.25, 0.3) is 10.9 Å². The van der Waals surface area contributed by atoms with Gasteiger partial charge >= 0.3 is 0 Å². The summed E-state index contributed by atoms with van der Waals surface area (Å²) in [5.41, 5.74) is 7.80. The molecule has 13 heavy (non-hydrogen) atoms. The monoisotopic (exact) mass is 284 g/mol. The number of hydrogen-bond donors (Lipinski definition) is 1. The third-order valence-corrected chi connectivity index (χ3v) is 2.97. The van der Waals surface area contributed by atoms with Crippen molar-refractivity contribution in [2.75, 3.05) is 5.73 Å². The zero-order valence-corrected chi connectivity index (χ0v) is 9.37. The zero-order chi connectivity index (χ0) is 9.42. The van der Waals surface area contributed by atoms with E-state index in [0.29, 0.717) is 5.82 Å². The second-order valence-electron chi connectivity index (χ2n) is 3.00. The lowest BCUT2D eigenvalue weighted by atomic mass is 10.1. The van der Waals surface area contributed by atoms with Gasteiger partial charge in [0.1, 0.15) is 5.82 Å². The fraction of sp³-hybridized carbons (Fsp3) is 0.100. The number of nitrogens with zero attached hydrogens (tertiary/aromatic N) is 1. The van der Waals surface area contributed by atoms with Crippen LogP contribution >= 0.6 is 22.6 Å². The van der Waals surface area contributed by atoms with Crippen LogP contribution in [0.4, 0.5) is 5.82 Å². The number of anilines is 1. The molecule has 1 aromatic heterocycles. The van der Waals surface area contributed by atoms with Gasteiger partial charge in [0.15, 0.2) is 0 Å². The first-order chi connectivity index (χ1) is 6.18. The van der Waals surface area contributed by atoms with E-state index in [9.17, 15) is 0 Å². The molecule has 1 aromatic carbocycles. The highest BCUT2D eigenvalue weighted by Crippen LogP contribution is 2.22. The Bertz CT molecular complexity index is 466. The first kappa shape index (κ1) is 8.74. The normalized spacial score (nSPS) is 10.6. The van der Waals surface area contributed by atoms with Crippen molar-refractivity contribution in [1.29, 1.82) is 0 Å². The summed E-state index contributed by atoms with van der Waals surface area (Å²) in [5.74, 6) is 0.581. The van der Waals surface area contributed by atoms with Crippen LogP contribution in [0, 0.1) is 10.5 Å². The van der Waals surface area contributed by atoms with Crippen LogP contribution in [0.15, 0.2) is 24.3 Å². The van der Waals surface area contributed by atoms with Crippen molar-refractivity contribution in [1.82, 2.24) is 4.98 Å². The summed E-state index contributed by atoms with van der Waals surface area (Å²) < 4.78 is 1.21. The van der Waals surface area contributed by atoms with E-state index in [2.05, 4.69) is 39.7 Å². The Morgan fingerprint density at radius 1 is 1.23 bits per heavy atom. The van der Waals surface area contributed by atoms with Crippen molar-refractivity contribution in [3.8, 4) is 0 Å². The molecular formula is C10H9IN2. The van der Waals surface area contributed by atoms with Crippen LogP contribution in [0.5, 0.6) is 0 Å². The van der Waals surface area contributed by atoms with Crippen molar-refractivity contribution in [3.05, 3.63) is 33.4 Å². The SMILES string of the molecule is Cc1ccc(I)c2ccc(N)nc12.